The lowest BCUT2D eigenvalue weighted by molar-refractivity contribution is 0.427. The molecule has 2 aromatic rings. The van der Waals surface area contributed by atoms with E-state index in [0.29, 0.717) is 10.7 Å². The van der Waals surface area contributed by atoms with Crippen molar-refractivity contribution in [3.8, 4) is 5.88 Å². The van der Waals surface area contributed by atoms with Crippen molar-refractivity contribution in [3.63, 3.8) is 0 Å². The lowest BCUT2D eigenvalue weighted by Gasteiger charge is -2.02. The SMILES string of the molecule is Cn1c(O)c(C=C2C=Nc3ccc(Cl)cc32)n(C)c1=N. The zero-order valence-electron chi connectivity index (χ0n) is 11.1. The standard InChI is InChI=1S/C14H13ClN4O/c1-18-12(13(20)19(2)14(18)16)5-8-7-17-11-4-3-9(15)6-10(8)11/h3-7,16,20H,1-2H3. The molecule has 0 unspecified atom stereocenters. The molecule has 0 saturated carbocycles. The van der Waals surface area contributed by atoms with Gasteiger partial charge in [-0.15, -0.1) is 0 Å². The maximum atomic E-state index is 10.1. The molecular formula is C14H13ClN4O. The first-order chi connectivity index (χ1) is 9.49. The van der Waals surface area contributed by atoms with Gasteiger partial charge in [0, 0.05) is 36.5 Å². The molecule has 1 aromatic heterocycles. The molecule has 1 aliphatic rings. The van der Waals surface area contributed by atoms with Crippen molar-refractivity contribution in [3.05, 3.63) is 40.1 Å². The molecule has 1 aromatic carbocycles. The number of aliphatic imine (C=N–C) groups is 1. The number of halogens is 1. The predicted octanol–water partition coefficient (Wildman–Crippen LogP) is 2.46. The first-order valence-corrected chi connectivity index (χ1v) is 6.42. The van der Waals surface area contributed by atoms with E-state index in [2.05, 4.69) is 4.99 Å². The van der Waals surface area contributed by atoms with Crippen LogP contribution in [0.5, 0.6) is 5.88 Å². The van der Waals surface area contributed by atoms with Crippen molar-refractivity contribution in [2.24, 2.45) is 19.1 Å². The average molecular weight is 289 g/mol. The molecule has 1 aliphatic heterocycles. The molecule has 0 bridgehead atoms. The monoisotopic (exact) mass is 288 g/mol. The number of allylic oxidation sites excluding steroid dienone is 1. The summed E-state index contributed by atoms with van der Waals surface area (Å²) < 4.78 is 3.02. The third-order valence-corrected chi connectivity index (χ3v) is 3.68. The minimum absolute atomic E-state index is 0.0499. The molecule has 0 fully saturated rings. The number of hydrogen-bond donors (Lipinski definition) is 2. The second-order valence-electron chi connectivity index (χ2n) is 4.67. The number of nitrogens with one attached hydrogen (secondary N) is 1. The predicted molar refractivity (Wildman–Crippen MR) is 79.4 cm³/mol. The van der Waals surface area contributed by atoms with Gasteiger partial charge in [-0.2, -0.15) is 0 Å². The van der Waals surface area contributed by atoms with Crippen LogP contribution in [0.2, 0.25) is 5.02 Å². The van der Waals surface area contributed by atoms with Crippen LogP contribution in [0.25, 0.3) is 11.6 Å². The van der Waals surface area contributed by atoms with Gasteiger partial charge in [0.05, 0.1) is 5.69 Å². The Bertz CT molecular complexity index is 826. The average Bonchev–Trinajstić information content (AvgIpc) is 2.90. The highest BCUT2D eigenvalue weighted by atomic mass is 35.5. The van der Waals surface area contributed by atoms with Crippen LogP contribution in [-0.4, -0.2) is 20.5 Å². The quantitative estimate of drug-likeness (QED) is 0.832. The summed E-state index contributed by atoms with van der Waals surface area (Å²) in [5, 5.41) is 18.6. The second kappa shape index (κ2) is 4.38. The van der Waals surface area contributed by atoms with Gasteiger partial charge in [0.25, 0.3) is 0 Å². The largest absolute Gasteiger partial charge is 0.493 e. The molecular weight excluding hydrogens is 276 g/mol. The minimum atomic E-state index is 0.0499. The molecule has 0 saturated heterocycles. The molecule has 2 heterocycles. The number of aromatic hydroxyl groups is 1. The Kier molecular flexibility index (Phi) is 2.79. The topological polar surface area (TPSA) is 66.3 Å². The number of fused-ring (bicyclic) bond motifs is 1. The highest BCUT2D eigenvalue weighted by molar-refractivity contribution is 6.31. The zero-order chi connectivity index (χ0) is 14.4. The number of benzene rings is 1. The van der Waals surface area contributed by atoms with E-state index in [9.17, 15) is 5.11 Å². The summed E-state index contributed by atoms with van der Waals surface area (Å²) in [7, 11) is 3.38. The third kappa shape index (κ3) is 1.78. The van der Waals surface area contributed by atoms with Crippen molar-refractivity contribution >= 4 is 35.2 Å². The van der Waals surface area contributed by atoms with E-state index in [1.807, 2.05) is 12.1 Å². The fraction of sp³-hybridized carbons (Fsp3) is 0.143. The smallest absolute Gasteiger partial charge is 0.218 e. The van der Waals surface area contributed by atoms with Crippen molar-refractivity contribution < 1.29 is 5.11 Å². The van der Waals surface area contributed by atoms with Crippen LogP contribution in [0.3, 0.4) is 0 Å². The van der Waals surface area contributed by atoms with Crippen molar-refractivity contribution in [2.45, 2.75) is 0 Å². The van der Waals surface area contributed by atoms with Gasteiger partial charge >= 0.3 is 0 Å². The van der Waals surface area contributed by atoms with Gasteiger partial charge in [-0.1, -0.05) is 11.6 Å². The molecule has 6 heteroatoms. The molecule has 0 radical (unpaired) electrons. The number of nitrogens with zero attached hydrogens (tertiary/aromatic N) is 3. The van der Waals surface area contributed by atoms with E-state index < -0.39 is 0 Å². The van der Waals surface area contributed by atoms with E-state index >= 15 is 0 Å². The first-order valence-electron chi connectivity index (χ1n) is 6.04. The van der Waals surface area contributed by atoms with Crippen LogP contribution in [0, 0.1) is 5.41 Å². The summed E-state index contributed by atoms with van der Waals surface area (Å²) >= 11 is 6.01. The Morgan fingerprint density at radius 2 is 2.05 bits per heavy atom. The van der Waals surface area contributed by atoms with Gasteiger partial charge in [0.1, 0.15) is 5.69 Å². The van der Waals surface area contributed by atoms with Gasteiger partial charge in [0.15, 0.2) is 0 Å². The number of hydrogen-bond acceptors (Lipinski definition) is 3. The third-order valence-electron chi connectivity index (χ3n) is 3.45. The summed E-state index contributed by atoms with van der Waals surface area (Å²) in [4.78, 5) is 4.31. The second-order valence-corrected chi connectivity index (χ2v) is 5.11. The summed E-state index contributed by atoms with van der Waals surface area (Å²) in [6, 6.07) is 5.50. The highest BCUT2D eigenvalue weighted by Crippen LogP contribution is 2.35. The number of aromatic nitrogens is 2. The van der Waals surface area contributed by atoms with Gasteiger partial charge in [0.2, 0.25) is 11.5 Å². The Hall–Kier alpha value is -2.27. The van der Waals surface area contributed by atoms with Crippen LogP contribution >= 0.6 is 11.6 Å². The van der Waals surface area contributed by atoms with Gasteiger partial charge in [-0.3, -0.25) is 15.0 Å². The Balaban J connectivity index is 2.18. The Morgan fingerprint density at radius 3 is 2.70 bits per heavy atom. The van der Waals surface area contributed by atoms with Crippen LogP contribution in [0.1, 0.15) is 11.3 Å². The molecule has 20 heavy (non-hydrogen) atoms. The van der Waals surface area contributed by atoms with Gasteiger partial charge < -0.3 is 9.67 Å². The summed E-state index contributed by atoms with van der Waals surface area (Å²) in [5.41, 5.74) is 3.42. The van der Waals surface area contributed by atoms with Crippen molar-refractivity contribution in [1.29, 1.82) is 5.41 Å². The summed E-state index contributed by atoms with van der Waals surface area (Å²) in [5.74, 6) is 0.0499. The maximum absolute atomic E-state index is 10.1. The van der Waals surface area contributed by atoms with Crippen molar-refractivity contribution in [1.82, 2.24) is 9.13 Å². The van der Waals surface area contributed by atoms with Crippen molar-refractivity contribution in [2.75, 3.05) is 0 Å². The molecule has 102 valence electrons. The van der Waals surface area contributed by atoms with Crippen LogP contribution in [0.4, 0.5) is 5.69 Å². The molecule has 0 atom stereocenters. The van der Waals surface area contributed by atoms with Gasteiger partial charge in [-0.25, -0.2) is 0 Å². The fourth-order valence-corrected chi connectivity index (χ4v) is 2.42. The van der Waals surface area contributed by atoms with Crippen LogP contribution in [0.15, 0.2) is 23.2 Å². The maximum Gasteiger partial charge on any atom is 0.218 e. The van der Waals surface area contributed by atoms with Gasteiger partial charge in [-0.05, 0) is 24.3 Å². The molecule has 0 amide bonds. The van der Waals surface area contributed by atoms with E-state index in [4.69, 9.17) is 17.0 Å². The number of rotatable bonds is 1. The molecule has 0 aliphatic carbocycles. The molecule has 5 nitrogen and oxygen atoms in total. The number of imidazole rings is 1. The van der Waals surface area contributed by atoms with E-state index in [0.717, 1.165) is 16.8 Å². The summed E-state index contributed by atoms with van der Waals surface area (Å²) in [6.45, 7) is 0. The van der Waals surface area contributed by atoms with E-state index in [-0.39, 0.29) is 11.5 Å². The molecule has 3 rings (SSSR count). The molecule has 0 spiro atoms. The normalized spacial score (nSPS) is 15.1. The van der Waals surface area contributed by atoms with E-state index in [1.165, 1.54) is 4.57 Å². The Morgan fingerprint density at radius 1 is 1.30 bits per heavy atom. The fourth-order valence-electron chi connectivity index (χ4n) is 2.25. The summed E-state index contributed by atoms with van der Waals surface area (Å²) in [6.07, 6.45) is 3.54. The highest BCUT2D eigenvalue weighted by Gasteiger charge is 2.16. The Labute approximate surface area is 120 Å². The zero-order valence-corrected chi connectivity index (χ0v) is 11.8. The van der Waals surface area contributed by atoms with Crippen LogP contribution in [-0.2, 0) is 14.1 Å². The molecule has 2 N–H and O–H groups in total. The lowest BCUT2D eigenvalue weighted by Crippen LogP contribution is -2.20. The first kappa shape index (κ1) is 12.7. The van der Waals surface area contributed by atoms with E-state index in [1.54, 1.807) is 37.0 Å². The lowest BCUT2D eigenvalue weighted by atomic mass is 10.1. The van der Waals surface area contributed by atoms with Crippen LogP contribution < -0.4 is 5.62 Å². The minimum Gasteiger partial charge on any atom is -0.493 e.